The van der Waals surface area contributed by atoms with Crippen LogP contribution in [-0.4, -0.2) is 40.8 Å². The van der Waals surface area contributed by atoms with Gasteiger partial charge in [0.1, 0.15) is 0 Å². The molecule has 1 saturated heterocycles. The largest absolute Gasteiger partial charge is 0.366 e. The summed E-state index contributed by atoms with van der Waals surface area (Å²) in [5.74, 6) is 0. The fourth-order valence-corrected chi connectivity index (χ4v) is 2.57. The quantitative estimate of drug-likeness (QED) is 0.787. The van der Waals surface area contributed by atoms with Gasteiger partial charge in [-0.05, 0) is 13.8 Å². The summed E-state index contributed by atoms with van der Waals surface area (Å²) in [7, 11) is 0. The Kier molecular flexibility index (Phi) is 2.48. The zero-order valence-corrected chi connectivity index (χ0v) is 10.3. The summed E-state index contributed by atoms with van der Waals surface area (Å²) in [6.07, 6.45) is 1.80. The minimum atomic E-state index is 0.930. The highest BCUT2D eigenvalue weighted by Crippen LogP contribution is 2.24. The van der Waals surface area contributed by atoms with Crippen molar-refractivity contribution in [1.82, 2.24) is 19.9 Å². The van der Waals surface area contributed by atoms with Crippen molar-refractivity contribution in [3.8, 4) is 0 Å². The molecule has 0 aliphatic carbocycles. The molecule has 0 saturated carbocycles. The van der Waals surface area contributed by atoms with E-state index in [2.05, 4.69) is 34.1 Å². The van der Waals surface area contributed by atoms with Crippen molar-refractivity contribution in [2.45, 2.75) is 13.8 Å². The highest BCUT2D eigenvalue weighted by Gasteiger charge is 2.18. The van der Waals surface area contributed by atoms with Crippen LogP contribution >= 0.6 is 0 Å². The predicted octanol–water partition coefficient (Wildman–Crippen LogP) is 0.756. The van der Waals surface area contributed by atoms with E-state index in [-0.39, 0.29) is 0 Å². The number of rotatable bonds is 1. The molecule has 2 aromatic heterocycles. The lowest BCUT2D eigenvalue weighted by atomic mass is 10.2. The van der Waals surface area contributed by atoms with Gasteiger partial charge in [-0.25, -0.2) is 9.50 Å². The van der Waals surface area contributed by atoms with Crippen LogP contribution in [-0.2, 0) is 0 Å². The molecular formula is C12H17N5. The van der Waals surface area contributed by atoms with Crippen LogP contribution in [0.2, 0.25) is 0 Å². The molecule has 5 heteroatoms. The van der Waals surface area contributed by atoms with Crippen molar-refractivity contribution in [1.29, 1.82) is 0 Å². The smallest absolute Gasteiger partial charge is 0.155 e. The van der Waals surface area contributed by atoms with Gasteiger partial charge in [-0.15, -0.1) is 0 Å². The van der Waals surface area contributed by atoms with E-state index >= 15 is 0 Å². The van der Waals surface area contributed by atoms with Crippen LogP contribution < -0.4 is 10.2 Å². The lowest BCUT2D eigenvalue weighted by Gasteiger charge is -2.31. The molecule has 17 heavy (non-hydrogen) atoms. The third kappa shape index (κ3) is 1.67. The first kappa shape index (κ1) is 10.5. The van der Waals surface area contributed by atoms with Gasteiger partial charge in [0.15, 0.2) is 5.65 Å². The SMILES string of the molecule is Cc1nc2ccnn2c(C)c1N1CCNCC1. The van der Waals surface area contributed by atoms with Crippen LogP contribution in [0.1, 0.15) is 11.4 Å². The number of fused-ring (bicyclic) bond motifs is 1. The van der Waals surface area contributed by atoms with E-state index in [1.54, 1.807) is 6.20 Å². The molecule has 0 bridgehead atoms. The molecule has 5 nitrogen and oxygen atoms in total. The first-order valence-electron chi connectivity index (χ1n) is 6.04. The van der Waals surface area contributed by atoms with E-state index in [0.717, 1.165) is 37.5 Å². The van der Waals surface area contributed by atoms with Crippen molar-refractivity contribution in [2.24, 2.45) is 0 Å². The number of hydrogen-bond acceptors (Lipinski definition) is 4. The Bertz CT molecular complexity index is 539. The van der Waals surface area contributed by atoms with Gasteiger partial charge < -0.3 is 10.2 Å². The second-order valence-corrected chi connectivity index (χ2v) is 4.47. The summed E-state index contributed by atoms with van der Waals surface area (Å²) in [4.78, 5) is 7.01. The zero-order chi connectivity index (χ0) is 11.8. The van der Waals surface area contributed by atoms with Crippen LogP contribution in [0.4, 0.5) is 5.69 Å². The average Bonchev–Trinajstić information content (AvgIpc) is 2.78. The van der Waals surface area contributed by atoms with Crippen molar-refractivity contribution < 1.29 is 0 Å². The Labute approximate surface area is 100 Å². The van der Waals surface area contributed by atoms with Gasteiger partial charge in [0.25, 0.3) is 0 Å². The zero-order valence-electron chi connectivity index (χ0n) is 10.3. The number of nitrogens with zero attached hydrogens (tertiary/aromatic N) is 4. The van der Waals surface area contributed by atoms with E-state index in [0.29, 0.717) is 0 Å². The van der Waals surface area contributed by atoms with Gasteiger partial charge in [-0.1, -0.05) is 0 Å². The summed E-state index contributed by atoms with van der Waals surface area (Å²) in [5, 5.41) is 7.70. The molecule has 1 N–H and O–H groups in total. The second-order valence-electron chi connectivity index (χ2n) is 4.47. The third-order valence-corrected chi connectivity index (χ3v) is 3.34. The molecule has 3 rings (SSSR count). The average molecular weight is 231 g/mol. The van der Waals surface area contributed by atoms with Crippen LogP contribution in [0.5, 0.6) is 0 Å². The summed E-state index contributed by atoms with van der Waals surface area (Å²) in [6, 6.07) is 1.95. The molecule has 0 amide bonds. The van der Waals surface area contributed by atoms with Crippen molar-refractivity contribution >= 4 is 11.3 Å². The molecule has 1 aliphatic heterocycles. The maximum atomic E-state index is 4.61. The van der Waals surface area contributed by atoms with E-state index in [1.165, 1.54) is 11.4 Å². The lowest BCUT2D eigenvalue weighted by Crippen LogP contribution is -2.44. The fourth-order valence-electron chi connectivity index (χ4n) is 2.57. The molecule has 0 spiro atoms. The van der Waals surface area contributed by atoms with E-state index in [1.807, 2.05) is 10.6 Å². The maximum absolute atomic E-state index is 4.61. The van der Waals surface area contributed by atoms with Gasteiger partial charge >= 0.3 is 0 Å². The molecular weight excluding hydrogens is 214 g/mol. The summed E-state index contributed by atoms with van der Waals surface area (Å²) >= 11 is 0. The highest BCUT2D eigenvalue weighted by atomic mass is 15.3. The minimum Gasteiger partial charge on any atom is -0.366 e. The Balaban J connectivity index is 2.13. The molecule has 0 unspecified atom stereocenters. The number of nitrogens with one attached hydrogen (secondary N) is 1. The van der Waals surface area contributed by atoms with Crippen molar-refractivity contribution in [3.05, 3.63) is 23.7 Å². The van der Waals surface area contributed by atoms with Gasteiger partial charge in [-0.2, -0.15) is 5.10 Å². The van der Waals surface area contributed by atoms with Crippen LogP contribution in [0.3, 0.4) is 0 Å². The Morgan fingerprint density at radius 2 is 2.00 bits per heavy atom. The number of aromatic nitrogens is 3. The number of piperazine rings is 1. The van der Waals surface area contributed by atoms with Crippen LogP contribution in [0, 0.1) is 13.8 Å². The van der Waals surface area contributed by atoms with Crippen LogP contribution in [0.25, 0.3) is 5.65 Å². The number of anilines is 1. The predicted molar refractivity (Wildman–Crippen MR) is 67.5 cm³/mol. The van der Waals surface area contributed by atoms with Gasteiger partial charge in [-0.3, -0.25) is 0 Å². The Morgan fingerprint density at radius 3 is 2.76 bits per heavy atom. The first-order valence-corrected chi connectivity index (χ1v) is 6.04. The summed E-state index contributed by atoms with van der Waals surface area (Å²) < 4.78 is 1.92. The maximum Gasteiger partial charge on any atom is 0.155 e. The first-order chi connectivity index (χ1) is 8.27. The minimum absolute atomic E-state index is 0.930. The fraction of sp³-hybridized carbons (Fsp3) is 0.500. The van der Waals surface area contributed by atoms with Gasteiger partial charge in [0.2, 0.25) is 0 Å². The molecule has 1 fully saturated rings. The summed E-state index contributed by atoms with van der Waals surface area (Å²) in [5.41, 5.74) is 4.44. The van der Waals surface area contributed by atoms with Gasteiger partial charge in [0, 0.05) is 32.2 Å². The molecule has 2 aromatic rings. The third-order valence-electron chi connectivity index (χ3n) is 3.34. The molecule has 0 atom stereocenters. The lowest BCUT2D eigenvalue weighted by molar-refractivity contribution is 0.585. The topological polar surface area (TPSA) is 45.5 Å². The monoisotopic (exact) mass is 231 g/mol. The Morgan fingerprint density at radius 1 is 1.24 bits per heavy atom. The van der Waals surface area contributed by atoms with E-state index < -0.39 is 0 Å². The number of hydrogen-bond donors (Lipinski definition) is 1. The van der Waals surface area contributed by atoms with Crippen LogP contribution in [0.15, 0.2) is 12.3 Å². The molecule has 3 heterocycles. The normalized spacial score (nSPS) is 16.7. The standard InChI is InChI=1S/C12H17N5/c1-9-12(16-7-5-13-6-8-16)10(2)17-11(15-9)3-4-14-17/h3-4,13H,5-8H2,1-2H3. The number of aryl methyl sites for hydroxylation is 2. The van der Waals surface area contributed by atoms with Crippen molar-refractivity contribution in [3.63, 3.8) is 0 Å². The molecule has 90 valence electrons. The molecule has 0 radical (unpaired) electrons. The molecule has 1 aliphatic rings. The highest BCUT2D eigenvalue weighted by molar-refractivity contribution is 5.58. The molecule has 0 aromatic carbocycles. The van der Waals surface area contributed by atoms with E-state index in [9.17, 15) is 0 Å². The Hall–Kier alpha value is -1.62. The second kappa shape index (κ2) is 4.00. The van der Waals surface area contributed by atoms with E-state index in [4.69, 9.17) is 0 Å². The van der Waals surface area contributed by atoms with Crippen molar-refractivity contribution in [2.75, 3.05) is 31.1 Å². The summed E-state index contributed by atoms with van der Waals surface area (Å²) in [6.45, 7) is 8.35. The van der Waals surface area contributed by atoms with Gasteiger partial charge in [0.05, 0.1) is 23.3 Å².